The maximum atomic E-state index is 12.3. The Labute approximate surface area is 124 Å². The van der Waals surface area contributed by atoms with Crippen LogP contribution in [0.4, 0.5) is 10.5 Å². The first-order valence-electron chi connectivity index (χ1n) is 7.18. The number of carbonyl (C=O) groups is 1. The molecule has 1 atom stereocenters. The third-order valence-corrected chi connectivity index (χ3v) is 3.70. The smallest absolute Gasteiger partial charge is 0.414 e. The number of nitrogens with zero attached hydrogens (tertiary/aromatic N) is 3. The first-order chi connectivity index (χ1) is 10.0. The van der Waals surface area contributed by atoms with Crippen LogP contribution in [0.5, 0.6) is 0 Å². The van der Waals surface area contributed by atoms with E-state index in [1.165, 1.54) is 0 Å². The summed E-state index contributed by atoms with van der Waals surface area (Å²) in [4.78, 5) is 18.4. The number of rotatable bonds is 2. The Balaban J connectivity index is 2.63. The van der Waals surface area contributed by atoms with E-state index in [-0.39, 0.29) is 12.1 Å². The van der Waals surface area contributed by atoms with Crippen LogP contribution in [0.15, 0.2) is 11.2 Å². The highest BCUT2D eigenvalue weighted by Crippen LogP contribution is 2.35. The third-order valence-electron chi connectivity index (χ3n) is 3.70. The van der Waals surface area contributed by atoms with Crippen LogP contribution in [0.1, 0.15) is 43.6 Å². The van der Waals surface area contributed by atoms with Crippen molar-refractivity contribution in [3.8, 4) is 0 Å². The molecule has 6 nitrogen and oxygen atoms in total. The highest BCUT2D eigenvalue weighted by molar-refractivity contribution is 6.11. The normalized spacial score (nSPS) is 19.5. The minimum atomic E-state index is -0.378. The van der Waals surface area contributed by atoms with Crippen molar-refractivity contribution < 1.29 is 14.7 Å². The van der Waals surface area contributed by atoms with Gasteiger partial charge in [-0.25, -0.2) is 4.79 Å². The van der Waals surface area contributed by atoms with Crippen molar-refractivity contribution in [3.63, 3.8) is 0 Å². The fraction of sp³-hybridized carbons (Fsp3) is 0.533. The van der Waals surface area contributed by atoms with Crippen molar-refractivity contribution in [2.75, 3.05) is 11.5 Å². The molecule has 1 unspecified atom stereocenters. The maximum Gasteiger partial charge on any atom is 0.414 e. The molecule has 1 amide bonds. The van der Waals surface area contributed by atoms with Crippen LogP contribution in [0.2, 0.25) is 0 Å². The second-order valence-electron chi connectivity index (χ2n) is 5.13. The Hall–Kier alpha value is -2.11. The van der Waals surface area contributed by atoms with Gasteiger partial charge >= 0.3 is 6.09 Å². The van der Waals surface area contributed by atoms with E-state index in [0.29, 0.717) is 24.4 Å². The molecule has 0 saturated heterocycles. The first kappa shape index (κ1) is 15.3. The Morgan fingerprint density at radius 3 is 2.81 bits per heavy atom. The zero-order valence-corrected chi connectivity index (χ0v) is 12.9. The van der Waals surface area contributed by atoms with Gasteiger partial charge in [-0.05, 0) is 33.3 Å². The van der Waals surface area contributed by atoms with E-state index < -0.39 is 0 Å². The molecule has 6 heteroatoms. The Morgan fingerprint density at radius 2 is 2.24 bits per heavy atom. The van der Waals surface area contributed by atoms with Crippen LogP contribution in [0.3, 0.4) is 0 Å². The van der Waals surface area contributed by atoms with E-state index in [9.17, 15) is 10.0 Å². The largest absolute Gasteiger partial charge is 0.449 e. The summed E-state index contributed by atoms with van der Waals surface area (Å²) in [5.74, 6) is 0. The molecule has 1 N–H and O–H groups in total. The summed E-state index contributed by atoms with van der Waals surface area (Å²) in [7, 11) is 0. The molecule has 0 spiro atoms. The number of aryl methyl sites for hydroxylation is 2. The molecule has 1 aliphatic heterocycles. The van der Waals surface area contributed by atoms with E-state index in [1.807, 2.05) is 26.8 Å². The van der Waals surface area contributed by atoms with Gasteiger partial charge in [0.05, 0.1) is 23.7 Å². The van der Waals surface area contributed by atoms with Gasteiger partial charge in [0.2, 0.25) is 0 Å². The monoisotopic (exact) mass is 291 g/mol. The minimum Gasteiger partial charge on any atom is -0.449 e. The highest BCUT2D eigenvalue weighted by Gasteiger charge is 2.36. The lowest BCUT2D eigenvalue weighted by molar-refractivity contribution is 0.156. The van der Waals surface area contributed by atoms with Crippen LogP contribution in [-0.2, 0) is 4.74 Å². The van der Waals surface area contributed by atoms with Crippen LogP contribution < -0.4 is 4.90 Å². The van der Waals surface area contributed by atoms with Gasteiger partial charge in [0.1, 0.15) is 0 Å². The predicted octanol–water partition coefficient (Wildman–Crippen LogP) is 3.02. The summed E-state index contributed by atoms with van der Waals surface area (Å²) < 4.78 is 5.18. The van der Waals surface area contributed by atoms with E-state index in [4.69, 9.17) is 4.74 Å². The fourth-order valence-corrected chi connectivity index (χ4v) is 2.81. The van der Waals surface area contributed by atoms with Crippen LogP contribution >= 0.6 is 0 Å². The summed E-state index contributed by atoms with van der Waals surface area (Å²) in [5.41, 5.74) is 3.58. The lowest BCUT2D eigenvalue weighted by Crippen LogP contribution is -2.46. The Bertz CT molecular complexity index is 584. The van der Waals surface area contributed by atoms with Crippen LogP contribution in [0.25, 0.3) is 0 Å². The van der Waals surface area contributed by atoms with Crippen LogP contribution in [-0.4, -0.2) is 34.6 Å². The van der Waals surface area contributed by atoms with Gasteiger partial charge in [0.25, 0.3) is 0 Å². The molecule has 0 aromatic carbocycles. The topological polar surface area (TPSA) is 75.0 Å². The quantitative estimate of drug-likeness (QED) is 0.671. The van der Waals surface area contributed by atoms with Crippen molar-refractivity contribution >= 4 is 17.5 Å². The number of oxime groups is 1. The van der Waals surface area contributed by atoms with Gasteiger partial charge in [-0.2, -0.15) is 0 Å². The molecule has 1 aromatic heterocycles. The van der Waals surface area contributed by atoms with E-state index in [0.717, 1.165) is 23.4 Å². The number of hydrogen-bond donors (Lipinski definition) is 1. The molecule has 1 aromatic rings. The maximum absolute atomic E-state index is 12.3. The highest BCUT2D eigenvalue weighted by atomic mass is 16.6. The van der Waals surface area contributed by atoms with Gasteiger partial charge in [-0.1, -0.05) is 12.1 Å². The zero-order chi connectivity index (χ0) is 15.6. The van der Waals surface area contributed by atoms with Crippen molar-refractivity contribution in [2.45, 2.75) is 46.6 Å². The molecular weight excluding hydrogens is 270 g/mol. The first-order valence-corrected chi connectivity index (χ1v) is 7.18. The molecule has 21 heavy (non-hydrogen) atoms. The standard InChI is InChI=1S/C15H21N3O3/c1-5-11-8-13(17-20)12-7-9(3)16-10(4)14(12)18(11)15(19)21-6-2/h7,11,20H,5-6,8H2,1-4H3/b17-13+. The number of carbonyl (C=O) groups excluding carboxylic acids is 1. The van der Waals surface area contributed by atoms with E-state index >= 15 is 0 Å². The second kappa shape index (κ2) is 6.11. The van der Waals surface area contributed by atoms with Gasteiger partial charge in [0.15, 0.2) is 0 Å². The molecule has 0 aliphatic carbocycles. The van der Waals surface area contributed by atoms with Gasteiger partial charge in [-0.3, -0.25) is 9.88 Å². The molecule has 1 aliphatic rings. The van der Waals surface area contributed by atoms with Crippen molar-refractivity contribution in [1.82, 2.24) is 4.98 Å². The van der Waals surface area contributed by atoms with E-state index in [2.05, 4.69) is 10.1 Å². The molecule has 2 heterocycles. The summed E-state index contributed by atoms with van der Waals surface area (Å²) in [6, 6.07) is 1.75. The lowest BCUT2D eigenvalue weighted by Gasteiger charge is -2.36. The predicted molar refractivity (Wildman–Crippen MR) is 80.2 cm³/mol. The third kappa shape index (κ3) is 2.70. The second-order valence-corrected chi connectivity index (χ2v) is 5.13. The SMILES string of the molecule is CCOC(=O)N1c2c(cc(C)nc2C)/C(=N/O)CC1CC. The number of pyridine rings is 1. The fourth-order valence-electron chi connectivity index (χ4n) is 2.81. The number of amides is 1. The Kier molecular flexibility index (Phi) is 4.45. The van der Waals surface area contributed by atoms with Gasteiger partial charge < -0.3 is 9.94 Å². The number of aromatic nitrogens is 1. The number of ether oxygens (including phenoxy) is 1. The van der Waals surface area contributed by atoms with Gasteiger partial charge in [0, 0.05) is 23.7 Å². The lowest BCUT2D eigenvalue weighted by atomic mass is 9.92. The Morgan fingerprint density at radius 1 is 1.52 bits per heavy atom. The number of hydrogen-bond acceptors (Lipinski definition) is 5. The average molecular weight is 291 g/mol. The summed E-state index contributed by atoms with van der Waals surface area (Å²) in [6.07, 6.45) is 0.864. The zero-order valence-electron chi connectivity index (χ0n) is 12.9. The molecule has 0 radical (unpaired) electrons. The molecule has 2 rings (SSSR count). The molecule has 114 valence electrons. The van der Waals surface area contributed by atoms with Crippen molar-refractivity contribution in [3.05, 3.63) is 23.0 Å². The summed E-state index contributed by atoms with van der Waals surface area (Å²) >= 11 is 0. The van der Waals surface area contributed by atoms with Gasteiger partial charge in [-0.15, -0.1) is 0 Å². The number of fused-ring (bicyclic) bond motifs is 1. The summed E-state index contributed by atoms with van der Waals surface area (Å²) in [6.45, 7) is 7.83. The molecule has 0 bridgehead atoms. The minimum absolute atomic E-state index is 0.0920. The van der Waals surface area contributed by atoms with Crippen LogP contribution in [0, 0.1) is 13.8 Å². The molecule has 0 saturated carbocycles. The molecule has 0 fully saturated rings. The summed E-state index contributed by atoms with van der Waals surface area (Å²) in [5, 5.41) is 12.7. The van der Waals surface area contributed by atoms with E-state index in [1.54, 1.807) is 11.8 Å². The van der Waals surface area contributed by atoms with Crippen molar-refractivity contribution in [1.29, 1.82) is 0 Å². The average Bonchev–Trinajstić information content (AvgIpc) is 2.45. The number of anilines is 1. The molecular formula is C15H21N3O3. The van der Waals surface area contributed by atoms with Crippen molar-refractivity contribution in [2.24, 2.45) is 5.16 Å².